The van der Waals surface area contributed by atoms with Gasteiger partial charge in [-0.3, -0.25) is 87.2 Å². The zero-order chi connectivity index (χ0) is 112. The van der Waals surface area contributed by atoms with E-state index in [0.29, 0.717) is 73.5 Å². The molecule has 13 saturated heterocycles. The normalized spacial score (nSPS) is 23.5. The van der Waals surface area contributed by atoms with Crippen molar-refractivity contribution in [1.82, 2.24) is 103 Å². The molecule has 33 heteroatoms. The van der Waals surface area contributed by atoms with E-state index >= 15 is 0 Å². The van der Waals surface area contributed by atoms with Crippen molar-refractivity contribution in [3.63, 3.8) is 0 Å². The number of carbonyl (C=O) groups excluding carboxylic acids is 3. The Bertz CT molecular complexity index is 4030. The first kappa shape index (κ1) is 136. The second-order valence-corrected chi connectivity index (χ2v) is 54.2. The molecule has 13 heterocycles. The number of likely N-dealkylation sites (N-methyl/N-ethyl adjacent to an activating group) is 2. The van der Waals surface area contributed by atoms with Crippen molar-refractivity contribution in [2.75, 3.05) is 362 Å². The average molecular weight is 2110 g/mol. The fourth-order valence-electron chi connectivity index (χ4n) is 19.3. The Hall–Kier alpha value is -4.77. The number of methoxy groups -OCH3 is 2. The van der Waals surface area contributed by atoms with Crippen molar-refractivity contribution in [1.29, 1.82) is 0 Å². The molecule has 0 atom stereocenters. The topological polar surface area (TPSA) is 182 Å². The number of morpholine rings is 1. The quantitative estimate of drug-likeness (QED) is 0.0828. The zero-order valence-corrected chi connectivity index (χ0v) is 102. The van der Waals surface area contributed by atoms with Crippen molar-refractivity contribution < 1.29 is 51.1 Å². The summed E-state index contributed by atoms with van der Waals surface area (Å²) in [5, 5.41) is 0. The Morgan fingerprint density at radius 2 is 0.818 bits per heavy atom. The molecule has 148 heavy (non-hydrogen) atoms. The summed E-state index contributed by atoms with van der Waals surface area (Å²) in [6, 6.07) is 3.32. The van der Waals surface area contributed by atoms with Crippen molar-refractivity contribution in [3.8, 4) is 24.2 Å². The van der Waals surface area contributed by atoms with Crippen LogP contribution in [0.4, 0.5) is 8.78 Å². The van der Waals surface area contributed by atoms with E-state index in [9.17, 15) is 27.4 Å². The fourth-order valence-corrected chi connectivity index (χ4v) is 21.0. The van der Waals surface area contributed by atoms with Crippen LogP contribution in [0.25, 0.3) is 0 Å². The summed E-state index contributed by atoms with van der Waals surface area (Å²) in [4.78, 5) is 83.2. The zero-order valence-electron chi connectivity index (χ0n) is 101. The third-order valence-corrected chi connectivity index (χ3v) is 32.5. The van der Waals surface area contributed by atoms with E-state index in [0.717, 1.165) is 287 Å². The van der Waals surface area contributed by atoms with E-state index < -0.39 is 15.4 Å². The number of carbonyl (C=O) groups is 3. The van der Waals surface area contributed by atoms with Gasteiger partial charge in [-0.25, -0.2) is 8.78 Å². The molecule has 0 bridgehead atoms. The first-order valence-corrected chi connectivity index (χ1v) is 57.9. The van der Waals surface area contributed by atoms with Gasteiger partial charge in [-0.15, -0.1) is 12.3 Å². The predicted molar refractivity (Wildman–Crippen MR) is 617 cm³/mol. The van der Waals surface area contributed by atoms with Gasteiger partial charge in [0.1, 0.15) is 0 Å². The Balaban J connectivity index is 0.000000344. The number of nitrogens with zero attached hydrogens (tertiary/aromatic N) is 21. The third kappa shape index (κ3) is 50.2. The van der Waals surface area contributed by atoms with Gasteiger partial charge in [0.25, 0.3) is 5.92 Å². The van der Waals surface area contributed by atoms with Gasteiger partial charge in [-0.1, -0.05) is 31.6 Å². The number of terminal acetylenes is 1. The van der Waals surface area contributed by atoms with Gasteiger partial charge < -0.3 is 58.0 Å². The summed E-state index contributed by atoms with van der Waals surface area (Å²) in [6.07, 6.45) is 5.16. The number of ether oxygens (including phenoxy) is 5. The number of hydrogen-bond donors (Lipinski definition) is 0. The van der Waals surface area contributed by atoms with Crippen molar-refractivity contribution in [2.24, 2.45) is 0 Å². The Kier molecular flexibility index (Phi) is 57.7. The minimum Gasteiger partial charge on any atom is -0.383 e. The molecule has 13 fully saturated rings. The molecule has 13 rings (SSSR count). The van der Waals surface area contributed by atoms with Crippen LogP contribution < -0.4 is 0 Å². The number of rotatable bonds is 20. The molecule has 0 spiro atoms. The van der Waals surface area contributed by atoms with Crippen LogP contribution in [0.2, 0.25) is 0 Å². The smallest absolute Gasteiger partial charge is 0.272 e. The van der Waals surface area contributed by atoms with E-state index in [-0.39, 0.29) is 64.0 Å². The summed E-state index contributed by atoms with van der Waals surface area (Å²) in [5.41, 5.74) is 5.25. The first-order valence-electron chi connectivity index (χ1n) is 55.9. The molecule has 862 valence electrons. The molecule has 13 aliphatic rings. The maximum absolute atomic E-state index is 12.3. The van der Waals surface area contributed by atoms with Crippen LogP contribution in [0, 0.1) is 24.2 Å². The Morgan fingerprint density at radius 1 is 0.426 bits per heavy atom. The fraction of sp³-hybridized carbons (Fsp3) is 0.878. The second-order valence-electron chi connectivity index (χ2n) is 51.6. The van der Waals surface area contributed by atoms with E-state index in [4.69, 9.17) is 30.1 Å². The number of piperazine rings is 8. The molecular formula is C115H223F2N21O9S. The monoisotopic (exact) mass is 2110 g/mol. The lowest BCUT2D eigenvalue weighted by Crippen LogP contribution is -2.65. The standard InChI is InChI=1S/C14H27N3O2.C13H27N3.C13H26N2O2.C13H28N2O2.C12H24N2OS.C12H24N2.C12H20N2.C10H16N2O.C9H18N2O.C7H13F2N/c1-14(2,3)17-7-6-16(13(18)12-17)5-4-15-8-10-19-11-9-15;1-12-11-16(13(2,3)4)10-9-15(12)8-7-14(5)6;1-13(2,3)15-6-4-14(5-7-15)12-10-16-8-9-17-11-12;1-13(2,3)15-10-12(11-15)14(6-8-16-4)7-9-17-5;1-12(2,3)14-7-5-13(6-8-14)11-9-16(4,15)10-11;1-10(2)14-8-7-13(9-11(14)3)12(4,5)6;1-5-6-7-13-8-9-14(11(2)3)10-12(13)4;1-4-5-11-6-7-12(9(2)3)8-10(11)13;1-9(2,3)11-6-5-10(4)8(12)7-11;1-6(2,3)10-4-7(8,9)5-10/h4-12H2,1-3H3;1,7-11H2,2-6H3;12H,4-11H2,1-3H3;12H,6-11H2,1-5H3;11H,4-10H2,1-3H3;10H,3,7-9H2,1-2,4-6H3;11H,4,7-10H2,1-3H3;1,9H,5-8H2,2-3H3;5-7H2,1-4H3;4-5H2,1-3H3. The maximum Gasteiger partial charge on any atom is 0.272 e. The van der Waals surface area contributed by atoms with Gasteiger partial charge in [0.15, 0.2) is 0 Å². The molecule has 0 aromatic heterocycles. The Labute approximate surface area is 905 Å². The van der Waals surface area contributed by atoms with Gasteiger partial charge in [-0.05, 0) is 244 Å². The van der Waals surface area contributed by atoms with Crippen molar-refractivity contribution in [2.45, 2.75) is 301 Å². The number of alkyl halides is 2. The van der Waals surface area contributed by atoms with Gasteiger partial charge in [0.2, 0.25) is 17.7 Å². The van der Waals surface area contributed by atoms with E-state index in [1.165, 1.54) is 17.1 Å². The third-order valence-electron chi connectivity index (χ3n) is 30.5. The summed E-state index contributed by atoms with van der Waals surface area (Å²) < 4.78 is 62.9. The van der Waals surface area contributed by atoms with Crippen LogP contribution in [0.3, 0.4) is 0 Å². The van der Waals surface area contributed by atoms with Crippen LogP contribution in [0.5, 0.6) is 0 Å². The number of likely N-dealkylation sites (tertiary alicyclic amines) is 2. The minimum atomic E-state index is -2.42. The van der Waals surface area contributed by atoms with Crippen molar-refractivity contribution >= 4 is 33.1 Å². The highest BCUT2D eigenvalue weighted by Crippen LogP contribution is 2.34. The van der Waals surface area contributed by atoms with Gasteiger partial charge in [0, 0.05) is 340 Å². The van der Waals surface area contributed by atoms with Gasteiger partial charge >= 0.3 is 0 Å². The molecule has 0 radical (unpaired) electrons. The van der Waals surface area contributed by atoms with Gasteiger partial charge in [0.05, 0.1) is 105 Å². The van der Waals surface area contributed by atoms with Gasteiger partial charge in [-0.2, -0.15) is 0 Å². The minimum absolute atomic E-state index is 0.0729. The maximum atomic E-state index is 12.3. The van der Waals surface area contributed by atoms with Crippen LogP contribution >= 0.6 is 0 Å². The number of halogens is 2. The predicted octanol–water partition coefficient (Wildman–Crippen LogP) is 10.5. The molecule has 3 amide bonds. The van der Waals surface area contributed by atoms with Crippen LogP contribution in [-0.2, 0) is 47.6 Å². The van der Waals surface area contributed by atoms with E-state index in [2.05, 4.69) is 328 Å². The number of amides is 3. The van der Waals surface area contributed by atoms with E-state index in [1.54, 1.807) is 28.9 Å². The van der Waals surface area contributed by atoms with Crippen LogP contribution in [0.15, 0.2) is 36.8 Å². The summed E-state index contributed by atoms with van der Waals surface area (Å²) in [6.45, 7) is 124. The number of hydrogen-bond acceptors (Lipinski definition) is 27. The molecule has 0 aromatic carbocycles. The largest absolute Gasteiger partial charge is 0.383 e. The van der Waals surface area contributed by atoms with E-state index in [1.807, 2.05) is 39.6 Å². The average Bonchev–Trinajstić information content (AvgIpc) is 0.802. The lowest BCUT2D eigenvalue weighted by atomic mass is 9.96. The van der Waals surface area contributed by atoms with Crippen LogP contribution in [0.1, 0.15) is 215 Å². The molecule has 30 nitrogen and oxygen atoms in total. The Morgan fingerprint density at radius 3 is 1.19 bits per heavy atom. The lowest BCUT2D eigenvalue weighted by Gasteiger charge is -2.51. The molecule has 0 aliphatic carbocycles. The molecule has 0 N–H and O–H groups in total. The highest BCUT2D eigenvalue weighted by atomic mass is 32.2. The molecular weight excluding hydrogens is 1890 g/mol. The molecule has 13 aliphatic heterocycles. The van der Waals surface area contributed by atoms with Crippen LogP contribution in [-0.4, -0.2) is 579 Å². The van der Waals surface area contributed by atoms with Crippen molar-refractivity contribution in [3.05, 3.63) is 36.8 Å². The SMILES string of the molecule is C#CCN1CCN(C(C)C)CC1=O.C=C1CN(C(C)(C)C)CCN1C(C)C.C=C1CN(C(C)(C)C)CCN1CCN(C)C.C=C1CN(C(C)C)CCN1CC#CC.C=S1(=O)CC(N2CCN(C(C)(C)C)CC2)C1.CC(C)(C)N1CC(F)(F)C1.CC(C)(C)N1CCN(C2COCCOC2)CC1.CC(C)(C)N1CCN(CCN2CCOCC2)C(=O)C1.CN1CCN(C(C)(C)C)CC1=O.COCCN(CCOC)C1CN(C(C)(C)C)C1. The summed E-state index contributed by atoms with van der Waals surface area (Å²) >= 11 is 0. The first-order chi connectivity index (χ1) is 68.4. The summed E-state index contributed by atoms with van der Waals surface area (Å²) in [5.74, 6) is 12.2. The summed E-state index contributed by atoms with van der Waals surface area (Å²) in [7, 11) is 7.95. The second kappa shape index (κ2) is 63.0. The highest BCUT2D eigenvalue weighted by Gasteiger charge is 2.48. The lowest BCUT2D eigenvalue weighted by molar-refractivity contribution is -0.160. The molecule has 0 saturated carbocycles. The highest BCUT2D eigenvalue weighted by molar-refractivity contribution is 8.01. The molecule has 0 unspecified atom stereocenters. The molecule has 0 aromatic rings.